The van der Waals surface area contributed by atoms with Crippen LogP contribution in [-0.4, -0.2) is 60.9 Å². The molecular weight excluding hydrogens is 360 g/mol. The molecule has 7 heteroatoms. The lowest BCUT2D eigenvalue weighted by molar-refractivity contribution is -0.140. The largest absolute Gasteiger partial charge is 0.507 e. The molecule has 2 aromatic rings. The molecule has 0 radical (unpaired) electrons. The Morgan fingerprint density at radius 1 is 1.29 bits per heavy atom. The molecule has 1 fully saturated rings. The van der Waals surface area contributed by atoms with E-state index in [-0.39, 0.29) is 11.3 Å². The van der Waals surface area contributed by atoms with Crippen LogP contribution in [0.2, 0.25) is 0 Å². The Kier molecular flexibility index (Phi) is 5.56. The minimum absolute atomic E-state index is 0.0342. The number of likely N-dealkylation sites (N-methyl/N-ethyl adjacent to an activating group) is 1. The molecule has 1 N–H and O–H groups in total. The number of carbonyl (C=O) groups is 2. The summed E-state index contributed by atoms with van der Waals surface area (Å²) in [6.07, 6.45) is 1.49. The van der Waals surface area contributed by atoms with Gasteiger partial charge < -0.3 is 24.1 Å². The first-order chi connectivity index (χ1) is 13.3. The number of amides is 1. The number of aliphatic hydroxyl groups excluding tert-OH is 1. The van der Waals surface area contributed by atoms with Crippen molar-refractivity contribution in [3.05, 3.63) is 59.1 Å². The van der Waals surface area contributed by atoms with Gasteiger partial charge in [-0.05, 0) is 56.9 Å². The molecule has 7 nitrogen and oxygen atoms in total. The second kappa shape index (κ2) is 7.90. The van der Waals surface area contributed by atoms with Gasteiger partial charge in [0.25, 0.3) is 11.7 Å². The van der Waals surface area contributed by atoms with E-state index in [1.807, 2.05) is 25.9 Å². The van der Waals surface area contributed by atoms with Gasteiger partial charge in [0, 0.05) is 18.7 Å². The van der Waals surface area contributed by atoms with Crippen molar-refractivity contribution in [1.29, 1.82) is 0 Å². The topological polar surface area (TPSA) is 83.2 Å². The second-order valence-corrected chi connectivity index (χ2v) is 6.99. The highest BCUT2D eigenvalue weighted by molar-refractivity contribution is 6.46. The number of methoxy groups -OCH3 is 1. The second-order valence-electron chi connectivity index (χ2n) is 6.99. The number of carbonyl (C=O) groups excluding carboxylic acids is 2. The summed E-state index contributed by atoms with van der Waals surface area (Å²) in [5.41, 5.74) is 1.24. The lowest BCUT2D eigenvalue weighted by Crippen LogP contribution is -2.35. The van der Waals surface area contributed by atoms with Crippen molar-refractivity contribution in [3.8, 4) is 5.75 Å². The van der Waals surface area contributed by atoms with E-state index in [2.05, 4.69) is 0 Å². The molecule has 3 rings (SSSR count). The fourth-order valence-electron chi connectivity index (χ4n) is 3.33. The number of rotatable bonds is 6. The van der Waals surface area contributed by atoms with E-state index in [4.69, 9.17) is 9.15 Å². The molecule has 1 aliphatic rings. The van der Waals surface area contributed by atoms with Gasteiger partial charge in [0.2, 0.25) is 0 Å². The third-order valence-electron chi connectivity index (χ3n) is 4.83. The predicted octanol–water partition coefficient (Wildman–Crippen LogP) is 2.58. The Balaban J connectivity index is 2.12. The van der Waals surface area contributed by atoms with Crippen LogP contribution in [0.4, 0.5) is 0 Å². The highest BCUT2D eigenvalue weighted by Crippen LogP contribution is 2.40. The van der Waals surface area contributed by atoms with Crippen molar-refractivity contribution in [2.75, 3.05) is 34.3 Å². The first-order valence-electron chi connectivity index (χ1n) is 8.96. The van der Waals surface area contributed by atoms with Crippen LogP contribution in [-0.2, 0) is 9.59 Å². The maximum atomic E-state index is 12.8. The molecule has 0 spiro atoms. The van der Waals surface area contributed by atoms with Crippen molar-refractivity contribution < 1.29 is 23.8 Å². The smallest absolute Gasteiger partial charge is 0.295 e. The van der Waals surface area contributed by atoms with Crippen molar-refractivity contribution in [1.82, 2.24) is 9.80 Å². The SMILES string of the molecule is COc1ccc(/C(O)=C2/C(=O)C(=O)N(CCN(C)C)C2c2ccco2)c(C)c1. The van der Waals surface area contributed by atoms with Gasteiger partial charge in [-0.25, -0.2) is 0 Å². The number of hydrogen-bond donors (Lipinski definition) is 1. The number of aryl methyl sites for hydroxylation is 1. The number of likely N-dealkylation sites (tertiary alicyclic amines) is 1. The number of ether oxygens (including phenoxy) is 1. The summed E-state index contributed by atoms with van der Waals surface area (Å²) in [6.45, 7) is 2.72. The molecule has 1 aromatic carbocycles. The molecule has 0 saturated carbocycles. The molecule has 0 aliphatic carbocycles. The van der Waals surface area contributed by atoms with Crippen LogP contribution in [0.3, 0.4) is 0 Å². The van der Waals surface area contributed by atoms with Crippen molar-refractivity contribution in [2.45, 2.75) is 13.0 Å². The third-order valence-corrected chi connectivity index (χ3v) is 4.83. The zero-order chi connectivity index (χ0) is 20.4. The molecule has 0 bridgehead atoms. The summed E-state index contributed by atoms with van der Waals surface area (Å²) in [5.74, 6) is -0.496. The molecule has 148 valence electrons. The number of aliphatic hydroxyl groups is 1. The standard InChI is InChI=1S/C21H24N2O5/c1-13-12-14(27-4)7-8-15(13)19(24)17-18(16-6-5-11-28-16)23(10-9-22(2)3)21(26)20(17)25/h5-8,11-12,18,24H,9-10H2,1-4H3/b19-17-. The average molecular weight is 384 g/mol. The van der Waals surface area contributed by atoms with E-state index >= 15 is 0 Å². The number of Topliss-reactive ketones (excluding diaryl/α,β-unsaturated/α-hetero) is 1. The van der Waals surface area contributed by atoms with Gasteiger partial charge in [-0.15, -0.1) is 0 Å². The van der Waals surface area contributed by atoms with Gasteiger partial charge >= 0.3 is 0 Å². The molecule has 1 amide bonds. The molecule has 1 saturated heterocycles. The lowest BCUT2D eigenvalue weighted by Gasteiger charge is -2.24. The van der Waals surface area contributed by atoms with Gasteiger partial charge in [-0.1, -0.05) is 0 Å². The van der Waals surface area contributed by atoms with Crippen molar-refractivity contribution in [2.24, 2.45) is 0 Å². The Morgan fingerprint density at radius 3 is 2.61 bits per heavy atom. The molecule has 1 atom stereocenters. The summed E-state index contributed by atoms with van der Waals surface area (Å²) >= 11 is 0. The summed E-state index contributed by atoms with van der Waals surface area (Å²) in [7, 11) is 5.33. The van der Waals surface area contributed by atoms with E-state index < -0.39 is 17.7 Å². The van der Waals surface area contributed by atoms with Crippen LogP contribution in [0.25, 0.3) is 5.76 Å². The van der Waals surface area contributed by atoms with Crippen LogP contribution in [0.1, 0.15) is 22.9 Å². The van der Waals surface area contributed by atoms with E-state index in [0.29, 0.717) is 30.2 Å². The minimum atomic E-state index is -0.767. The Labute approximate surface area is 163 Å². The molecule has 1 aromatic heterocycles. The van der Waals surface area contributed by atoms with Gasteiger partial charge in [0.15, 0.2) is 0 Å². The molecular formula is C21H24N2O5. The van der Waals surface area contributed by atoms with Gasteiger partial charge in [0.05, 0.1) is 18.9 Å². The fraction of sp³-hybridized carbons (Fsp3) is 0.333. The highest BCUT2D eigenvalue weighted by atomic mass is 16.5. The summed E-state index contributed by atoms with van der Waals surface area (Å²) < 4.78 is 10.7. The lowest BCUT2D eigenvalue weighted by atomic mass is 9.97. The number of hydrogen-bond acceptors (Lipinski definition) is 6. The molecule has 1 aliphatic heterocycles. The van der Waals surface area contributed by atoms with E-state index in [0.717, 1.165) is 5.56 Å². The predicted molar refractivity (Wildman–Crippen MR) is 104 cm³/mol. The number of benzene rings is 1. The monoisotopic (exact) mass is 384 g/mol. The molecule has 1 unspecified atom stereocenters. The summed E-state index contributed by atoms with van der Waals surface area (Å²) in [6, 6.07) is 7.77. The Bertz CT molecular complexity index is 915. The normalized spacial score (nSPS) is 18.9. The van der Waals surface area contributed by atoms with Gasteiger partial charge in [0.1, 0.15) is 23.3 Å². The first kappa shape index (κ1) is 19.7. The maximum absolute atomic E-state index is 12.8. The van der Waals surface area contributed by atoms with Crippen LogP contribution in [0, 0.1) is 6.92 Å². The van der Waals surface area contributed by atoms with Crippen molar-refractivity contribution >= 4 is 17.4 Å². The van der Waals surface area contributed by atoms with Crippen LogP contribution < -0.4 is 4.74 Å². The van der Waals surface area contributed by atoms with Crippen LogP contribution in [0.5, 0.6) is 5.75 Å². The van der Waals surface area contributed by atoms with Crippen LogP contribution in [0.15, 0.2) is 46.6 Å². The van der Waals surface area contributed by atoms with E-state index in [1.54, 1.807) is 37.4 Å². The number of nitrogens with zero attached hydrogens (tertiary/aromatic N) is 2. The maximum Gasteiger partial charge on any atom is 0.295 e. The van der Waals surface area contributed by atoms with E-state index in [1.165, 1.54) is 11.2 Å². The molecule has 28 heavy (non-hydrogen) atoms. The third kappa shape index (κ3) is 3.53. The number of furan rings is 1. The highest BCUT2D eigenvalue weighted by Gasteiger charge is 2.47. The summed E-state index contributed by atoms with van der Waals surface area (Å²) in [5, 5.41) is 11.0. The first-order valence-corrected chi connectivity index (χ1v) is 8.96. The Hall–Kier alpha value is -3.06. The fourth-order valence-corrected chi connectivity index (χ4v) is 3.33. The van der Waals surface area contributed by atoms with Gasteiger partial charge in [-0.2, -0.15) is 0 Å². The van der Waals surface area contributed by atoms with Crippen molar-refractivity contribution in [3.63, 3.8) is 0 Å². The zero-order valence-electron chi connectivity index (χ0n) is 16.4. The summed E-state index contributed by atoms with van der Waals surface area (Å²) in [4.78, 5) is 28.9. The average Bonchev–Trinajstić information content (AvgIpc) is 3.27. The van der Waals surface area contributed by atoms with Gasteiger partial charge in [-0.3, -0.25) is 9.59 Å². The van der Waals surface area contributed by atoms with Crippen LogP contribution >= 0.6 is 0 Å². The minimum Gasteiger partial charge on any atom is -0.507 e. The Morgan fingerprint density at radius 2 is 2.04 bits per heavy atom. The quantitative estimate of drug-likeness (QED) is 0.468. The number of ketones is 1. The van der Waals surface area contributed by atoms with E-state index in [9.17, 15) is 14.7 Å². The zero-order valence-corrected chi connectivity index (χ0v) is 16.4. The molecule has 2 heterocycles.